The van der Waals surface area contributed by atoms with Crippen LogP contribution >= 0.6 is 11.6 Å². The van der Waals surface area contributed by atoms with E-state index < -0.39 is 10.2 Å². The lowest BCUT2D eigenvalue weighted by Crippen LogP contribution is -2.68. The fraction of sp³-hybridized carbons (Fsp3) is 0. The molecule has 4 aromatic carbocycles. The third-order valence-corrected chi connectivity index (χ3v) is 5.61. The maximum Gasteiger partial charge on any atom is 0.219 e. The maximum absolute atomic E-state index is 8.49. The Balaban J connectivity index is 0.000000556. The monoisotopic (exact) mass is 517 g/mol. The molecule has 0 unspecified atom stereocenters. The molecule has 0 bridgehead atoms. The van der Waals surface area contributed by atoms with Gasteiger partial charge in [0.05, 0.1) is 0 Å². The SMILES string of the molecule is Clc1cccc(-[n+]2c(-c3ccccc3)cc(-c3ccccc3)cc2-c2ccccc2)c1.[O-][Cl+3]([O-])([O-])[O-]. The molecule has 5 rings (SSSR count). The summed E-state index contributed by atoms with van der Waals surface area (Å²) < 4.78 is 36.3. The third-order valence-electron chi connectivity index (χ3n) is 5.38. The summed E-state index contributed by atoms with van der Waals surface area (Å²) in [5, 5.41) is 0.718. The standard InChI is InChI=1S/C29H21ClN.ClHO4/c30-26-17-10-18-27(21-26)31-28(23-13-6-2-7-14-23)19-25(22-11-4-1-5-12-22)20-29(31)24-15-8-3-9-16-24;2-1(3,4)5/h1-21H;(H,2,3,4,5)/q+1;/p-1. The van der Waals surface area contributed by atoms with Crippen LogP contribution in [-0.4, -0.2) is 0 Å². The molecule has 0 aliphatic carbocycles. The van der Waals surface area contributed by atoms with Crippen molar-refractivity contribution in [2.75, 3.05) is 0 Å². The van der Waals surface area contributed by atoms with Crippen molar-refractivity contribution in [2.24, 2.45) is 0 Å². The second-order valence-electron chi connectivity index (χ2n) is 7.81. The molecule has 0 fully saturated rings. The minimum absolute atomic E-state index is 0.718. The molecule has 0 saturated carbocycles. The molecule has 7 heteroatoms. The van der Waals surface area contributed by atoms with Crippen molar-refractivity contribution in [3.05, 3.63) is 132 Å². The number of halogens is 2. The van der Waals surface area contributed by atoms with Crippen LogP contribution in [0.25, 0.3) is 39.3 Å². The van der Waals surface area contributed by atoms with E-state index in [1.165, 1.54) is 11.1 Å². The van der Waals surface area contributed by atoms with Crippen LogP contribution in [0, 0.1) is 10.2 Å². The van der Waals surface area contributed by atoms with Crippen molar-refractivity contribution in [1.29, 1.82) is 0 Å². The number of nitrogens with zero attached hydrogens (tertiary/aromatic N) is 1. The molecule has 0 N–H and O–H groups in total. The van der Waals surface area contributed by atoms with Gasteiger partial charge in [0.25, 0.3) is 0 Å². The molecule has 0 aliphatic heterocycles. The minimum atomic E-state index is -4.94. The van der Waals surface area contributed by atoms with Gasteiger partial charge in [0.1, 0.15) is 0 Å². The van der Waals surface area contributed by atoms with Gasteiger partial charge >= 0.3 is 0 Å². The van der Waals surface area contributed by atoms with Crippen LogP contribution in [-0.2, 0) is 0 Å². The zero-order valence-electron chi connectivity index (χ0n) is 19.0. The van der Waals surface area contributed by atoms with E-state index in [1.807, 2.05) is 30.3 Å². The van der Waals surface area contributed by atoms with Crippen LogP contribution in [0.1, 0.15) is 0 Å². The first-order chi connectivity index (χ1) is 17.3. The van der Waals surface area contributed by atoms with Crippen LogP contribution in [0.15, 0.2) is 127 Å². The largest absolute Gasteiger partial charge is 0.222 e. The summed E-state index contributed by atoms with van der Waals surface area (Å²) in [6.07, 6.45) is 0. The highest BCUT2D eigenvalue weighted by molar-refractivity contribution is 6.30. The number of hydrogen-bond acceptors (Lipinski definition) is 4. The summed E-state index contributed by atoms with van der Waals surface area (Å²) in [7, 11) is -4.94. The van der Waals surface area contributed by atoms with Gasteiger partial charge in [0.15, 0.2) is 0 Å². The van der Waals surface area contributed by atoms with Crippen LogP contribution in [0.4, 0.5) is 0 Å². The summed E-state index contributed by atoms with van der Waals surface area (Å²) in [6, 6.07) is 44.1. The van der Waals surface area contributed by atoms with E-state index in [0.717, 1.165) is 33.2 Å². The van der Waals surface area contributed by atoms with E-state index in [1.54, 1.807) is 0 Å². The van der Waals surface area contributed by atoms with Crippen LogP contribution in [0.5, 0.6) is 0 Å². The summed E-state index contributed by atoms with van der Waals surface area (Å²) in [5.41, 5.74) is 7.93. The first-order valence-corrected chi connectivity index (χ1v) is 12.5. The molecular formula is C29H21Cl2NO4. The molecule has 0 radical (unpaired) electrons. The Morgan fingerprint density at radius 2 is 0.889 bits per heavy atom. The van der Waals surface area contributed by atoms with Crippen molar-refractivity contribution in [3.63, 3.8) is 0 Å². The summed E-state index contributed by atoms with van der Waals surface area (Å²) in [5.74, 6) is 0. The molecule has 36 heavy (non-hydrogen) atoms. The second-order valence-corrected chi connectivity index (χ2v) is 9.00. The lowest BCUT2D eigenvalue weighted by molar-refractivity contribution is -2.00. The quantitative estimate of drug-likeness (QED) is 0.342. The Hall–Kier alpha value is -3.55. The fourth-order valence-electron chi connectivity index (χ4n) is 3.93. The third kappa shape index (κ3) is 6.77. The molecule has 5 aromatic rings. The maximum atomic E-state index is 8.49. The summed E-state index contributed by atoms with van der Waals surface area (Å²) in [4.78, 5) is 0. The van der Waals surface area contributed by atoms with E-state index >= 15 is 0 Å². The van der Waals surface area contributed by atoms with Gasteiger partial charge in [-0.2, -0.15) is 4.57 Å². The van der Waals surface area contributed by atoms with Gasteiger partial charge in [-0.15, -0.1) is 10.2 Å². The molecule has 0 saturated heterocycles. The van der Waals surface area contributed by atoms with Gasteiger partial charge < -0.3 is 0 Å². The molecule has 1 aromatic heterocycles. The number of hydrogen-bond donors (Lipinski definition) is 0. The molecule has 0 atom stereocenters. The smallest absolute Gasteiger partial charge is 0.219 e. The minimum Gasteiger partial charge on any atom is -0.222 e. The van der Waals surface area contributed by atoms with Gasteiger partial charge in [-0.3, -0.25) is 0 Å². The second kappa shape index (κ2) is 11.5. The summed E-state index contributed by atoms with van der Waals surface area (Å²) in [6.45, 7) is 0. The first kappa shape index (κ1) is 25.5. The topological polar surface area (TPSA) is 96.1 Å². The molecule has 0 spiro atoms. The van der Waals surface area contributed by atoms with E-state index in [4.69, 9.17) is 30.2 Å². The molecule has 0 aliphatic rings. The first-order valence-electron chi connectivity index (χ1n) is 10.9. The van der Waals surface area contributed by atoms with Crippen molar-refractivity contribution >= 4 is 11.6 Å². The zero-order valence-corrected chi connectivity index (χ0v) is 20.5. The van der Waals surface area contributed by atoms with Gasteiger partial charge in [0.2, 0.25) is 17.1 Å². The number of pyridine rings is 1. The van der Waals surface area contributed by atoms with Crippen LogP contribution in [0.3, 0.4) is 0 Å². The predicted octanol–water partition coefficient (Wildman–Crippen LogP) is 2.86. The van der Waals surface area contributed by atoms with Crippen LogP contribution < -0.4 is 23.2 Å². The highest BCUT2D eigenvalue weighted by Crippen LogP contribution is 2.30. The number of rotatable bonds is 4. The molecule has 1 heterocycles. The summed E-state index contributed by atoms with van der Waals surface area (Å²) >= 11 is 6.41. The van der Waals surface area contributed by atoms with E-state index in [2.05, 4.69) is 102 Å². The Morgan fingerprint density at radius 1 is 0.472 bits per heavy atom. The Kier molecular flexibility index (Phi) is 8.13. The Labute approximate surface area is 216 Å². The van der Waals surface area contributed by atoms with Gasteiger partial charge in [0, 0.05) is 40.4 Å². The molecule has 5 nitrogen and oxygen atoms in total. The predicted molar refractivity (Wildman–Crippen MR) is 129 cm³/mol. The fourth-order valence-corrected chi connectivity index (χ4v) is 4.11. The van der Waals surface area contributed by atoms with Crippen molar-refractivity contribution in [2.45, 2.75) is 0 Å². The highest BCUT2D eigenvalue weighted by atomic mass is 35.7. The van der Waals surface area contributed by atoms with E-state index in [9.17, 15) is 0 Å². The van der Waals surface area contributed by atoms with Crippen molar-refractivity contribution in [1.82, 2.24) is 0 Å². The highest BCUT2D eigenvalue weighted by Gasteiger charge is 2.24. The van der Waals surface area contributed by atoms with Gasteiger partial charge in [-0.05, 0) is 41.5 Å². The Morgan fingerprint density at radius 3 is 1.31 bits per heavy atom. The molecule has 180 valence electrons. The van der Waals surface area contributed by atoms with Crippen molar-refractivity contribution < 1.29 is 33.4 Å². The number of benzene rings is 4. The lowest BCUT2D eigenvalue weighted by atomic mass is 9.98. The molecule has 0 amide bonds. The van der Waals surface area contributed by atoms with E-state index in [0.29, 0.717) is 0 Å². The lowest BCUT2D eigenvalue weighted by Gasteiger charge is -2.17. The Bertz CT molecular complexity index is 1360. The van der Waals surface area contributed by atoms with Gasteiger partial charge in [-0.1, -0.05) is 84.4 Å². The van der Waals surface area contributed by atoms with Crippen LogP contribution in [0.2, 0.25) is 5.02 Å². The average Bonchev–Trinajstić information content (AvgIpc) is 2.88. The van der Waals surface area contributed by atoms with Gasteiger partial charge in [-0.25, -0.2) is 18.6 Å². The number of aromatic nitrogens is 1. The zero-order chi connectivity index (χ0) is 25.5. The normalized spacial score (nSPS) is 10.9. The van der Waals surface area contributed by atoms with E-state index in [-0.39, 0.29) is 0 Å². The average molecular weight is 518 g/mol. The molecular weight excluding hydrogens is 497 g/mol. The van der Waals surface area contributed by atoms with Crippen molar-refractivity contribution in [3.8, 4) is 39.3 Å².